The lowest BCUT2D eigenvalue weighted by Gasteiger charge is -2.25. The van der Waals surface area contributed by atoms with Crippen molar-refractivity contribution in [3.8, 4) is 0 Å². The first-order chi connectivity index (χ1) is 40.6. The van der Waals surface area contributed by atoms with Gasteiger partial charge in [0, 0.05) is 12.8 Å². The number of carbonyl (C=O) groups is 3. The van der Waals surface area contributed by atoms with Gasteiger partial charge in [0.1, 0.15) is 13.2 Å². The van der Waals surface area contributed by atoms with Gasteiger partial charge in [-0.05, 0) is 109 Å². The molecule has 0 rings (SSSR count). The van der Waals surface area contributed by atoms with Crippen molar-refractivity contribution in [2.45, 2.75) is 283 Å². The molecule has 0 heterocycles. The molecule has 0 spiro atoms. The highest BCUT2D eigenvalue weighted by atomic mass is 16.7. The highest BCUT2D eigenvalue weighted by Crippen LogP contribution is 2.16. The molecule has 0 amide bonds. The minimum atomic E-state index is -1.52. The molecule has 9 heteroatoms. The minimum absolute atomic E-state index is 0.181. The Bertz CT molecular complexity index is 1780. The molecular formula is C74H126NO8+. The van der Waals surface area contributed by atoms with E-state index in [1.54, 1.807) is 0 Å². The Morgan fingerprint density at radius 1 is 0.373 bits per heavy atom. The molecule has 0 radical (unpaired) electrons. The third kappa shape index (κ3) is 65.1. The summed E-state index contributed by atoms with van der Waals surface area (Å²) in [6, 6.07) is 0. The zero-order valence-electron chi connectivity index (χ0n) is 54.1. The second-order valence-corrected chi connectivity index (χ2v) is 23.4. The van der Waals surface area contributed by atoms with Crippen molar-refractivity contribution in [2.24, 2.45) is 0 Å². The summed E-state index contributed by atoms with van der Waals surface area (Å²) < 4.78 is 22.9. The molecule has 0 fully saturated rings. The van der Waals surface area contributed by atoms with Crippen LogP contribution in [0.2, 0.25) is 0 Å². The van der Waals surface area contributed by atoms with E-state index in [9.17, 15) is 19.5 Å². The topological polar surface area (TPSA) is 108 Å². The predicted molar refractivity (Wildman–Crippen MR) is 354 cm³/mol. The first-order valence-corrected chi connectivity index (χ1v) is 33.7. The minimum Gasteiger partial charge on any atom is -0.477 e. The molecular weight excluding hydrogens is 1030 g/mol. The number of carbonyl (C=O) groups excluding carboxylic acids is 2. The zero-order chi connectivity index (χ0) is 60.5. The van der Waals surface area contributed by atoms with E-state index < -0.39 is 24.3 Å². The number of esters is 2. The van der Waals surface area contributed by atoms with Crippen LogP contribution in [-0.4, -0.2) is 87.4 Å². The Morgan fingerprint density at radius 2 is 0.687 bits per heavy atom. The number of carboxylic acids is 1. The van der Waals surface area contributed by atoms with Crippen molar-refractivity contribution in [2.75, 3.05) is 47.5 Å². The second kappa shape index (κ2) is 63.7. The summed E-state index contributed by atoms with van der Waals surface area (Å²) in [5.41, 5.74) is 0. The maximum atomic E-state index is 12.9. The van der Waals surface area contributed by atoms with Crippen LogP contribution >= 0.6 is 0 Å². The van der Waals surface area contributed by atoms with Crippen molar-refractivity contribution < 1.29 is 42.9 Å². The third-order valence-electron chi connectivity index (χ3n) is 14.2. The maximum absolute atomic E-state index is 12.9. The molecule has 0 aliphatic carbocycles. The lowest BCUT2D eigenvalue weighted by atomic mass is 10.0. The van der Waals surface area contributed by atoms with Gasteiger partial charge in [-0.15, -0.1) is 0 Å². The second-order valence-electron chi connectivity index (χ2n) is 23.4. The van der Waals surface area contributed by atoms with Crippen LogP contribution in [0.3, 0.4) is 0 Å². The third-order valence-corrected chi connectivity index (χ3v) is 14.2. The summed E-state index contributed by atoms with van der Waals surface area (Å²) >= 11 is 0. The molecule has 0 aromatic carbocycles. The molecule has 2 atom stereocenters. The maximum Gasteiger partial charge on any atom is 0.361 e. The summed E-state index contributed by atoms with van der Waals surface area (Å²) in [7, 11) is 5.97. The molecule has 2 unspecified atom stereocenters. The number of carboxylic acid groups (broad SMARTS) is 1. The van der Waals surface area contributed by atoms with Crippen molar-refractivity contribution in [3.63, 3.8) is 0 Å². The SMILES string of the molecule is CC/C=C\C/C=C\C/C=C\C/C=C\C/C=C\C/C=C\C/C=C\CCCCCCCCCCCCCCCCCC(=O)OC(COC(=O)CCCCCCCC/C=C\C/C=C\C/C=C\CCCCCCC)COC(OCC[N+](C)(C)C)C(=O)O. The van der Waals surface area contributed by atoms with Gasteiger partial charge in [0.15, 0.2) is 6.10 Å². The molecule has 0 saturated carbocycles. The molecule has 9 nitrogen and oxygen atoms in total. The largest absolute Gasteiger partial charge is 0.477 e. The predicted octanol–water partition coefficient (Wildman–Crippen LogP) is 20.8. The molecule has 0 aliphatic heterocycles. The summed E-state index contributed by atoms with van der Waals surface area (Å²) in [4.78, 5) is 37.6. The van der Waals surface area contributed by atoms with Crippen LogP contribution in [0.4, 0.5) is 0 Å². The van der Waals surface area contributed by atoms with Gasteiger partial charge >= 0.3 is 17.9 Å². The van der Waals surface area contributed by atoms with Gasteiger partial charge in [0.05, 0.1) is 34.4 Å². The van der Waals surface area contributed by atoms with Crippen LogP contribution in [0.25, 0.3) is 0 Å². The monoisotopic (exact) mass is 1160 g/mol. The summed E-state index contributed by atoms with van der Waals surface area (Å²) in [5, 5.41) is 9.73. The molecule has 0 bridgehead atoms. The molecule has 0 saturated heterocycles. The number of nitrogens with zero attached hydrogens (tertiary/aromatic N) is 1. The smallest absolute Gasteiger partial charge is 0.361 e. The van der Waals surface area contributed by atoms with E-state index >= 15 is 0 Å². The van der Waals surface area contributed by atoms with Crippen molar-refractivity contribution in [3.05, 3.63) is 122 Å². The highest BCUT2D eigenvalue weighted by molar-refractivity contribution is 5.71. The standard InChI is InChI=1S/C74H125NO8/c1-6-8-10-12-14-16-18-20-22-24-26-28-29-30-31-32-33-34-35-36-37-38-39-40-41-42-43-45-47-49-51-53-55-57-59-61-63-65-72(77)83-70(69-82-74(73(78)79)80-67-66-75(3,4)5)68-81-71(76)64-62-60-58-56-54-52-50-48-46-44-27-25-23-21-19-17-15-13-11-9-7-2/h8,10,14,16,19-22,25-28,30-31,33-34,36-37,46,48,70,74H,6-7,9,11-13,15,17-18,23-24,29,32,35,38-45,47,49-69H2,1-5H3/p+1/b10-8-,16-14-,21-19-,22-20-,27-25-,28-26-,31-30-,34-33-,37-36-,48-46-. The van der Waals surface area contributed by atoms with Crippen molar-refractivity contribution in [1.82, 2.24) is 0 Å². The average molecular weight is 1160 g/mol. The van der Waals surface area contributed by atoms with Gasteiger partial charge in [-0.1, -0.05) is 270 Å². The number of allylic oxidation sites excluding steroid dienone is 20. The number of rotatable bonds is 61. The number of aliphatic carboxylic acids is 1. The van der Waals surface area contributed by atoms with E-state index in [1.165, 1.54) is 128 Å². The van der Waals surface area contributed by atoms with Gasteiger partial charge < -0.3 is 28.5 Å². The Hall–Kier alpha value is -4.31. The van der Waals surface area contributed by atoms with E-state index in [0.717, 1.165) is 109 Å². The number of unbranched alkanes of at least 4 members (excludes halogenated alkanes) is 26. The fourth-order valence-corrected chi connectivity index (χ4v) is 9.06. The van der Waals surface area contributed by atoms with Crippen LogP contribution in [0.15, 0.2) is 122 Å². The molecule has 0 aromatic rings. The van der Waals surface area contributed by atoms with Gasteiger partial charge in [-0.2, -0.15) is 0 Å². The summed E-state index contributed by atoms with van der Waals surface area (Å²) in [5.74, 6) is -2.02. The fourth-order valence-electron chi connectivity index (χ4n) is 9.06. The first-order valence-electron chi connectivity index (χ1n) is 33.7. The first kappa shape index (κ1) is 78.7. The zero-order valence-corrected chi connectivity index (χ0v) is 54.1. The number of hydrogen-bond donors (Lipinski definition) is 1. The quantitative estimate of drug-likeness (QED) is 0.0211. The van der Waals surface area contributed by atoms with Crippen molar-refractivity contribution in [1.29, 1.82) is 0 Å². The molecule has 83 heavy (non-hydrogen) atoms. The van der Waals surface area contributed by atoms with Gasteiger partial charge in [-0.3, -0.25) is 9.59 Å². The summed E-state index contributed by atoms with van der Waals surface area (Å²) in [6.07, 6.45) is 87.3. The van der Waals surface area contributed by atoms with Crippen LogP contribution in [0.5, 0.6) is 0 Å². The highest BCUT2D eigenvalue weighted by Gasteiger charge is 2.25. The van der Waals surface area contributed by atoms with Crippen LogP contribution in [0.1, 0.15) is 271 Å². The molecule has 474 valence electrons. The molecule has 0 aromatic heterocycles. The van der Waals surface area contributed by atoms with Gasteiger partial charge in [-0.25, -0.2) is 4.79 Å². The van der Waals surface area contributed by atoms with Crippen LogP contribution in [-0.2, 0) is 33.3 Å². The van der Waals surface area contributed by atoms with Gasteiger partial charge in [0.25, 0.3) is 6.29 Å². The molecule has 1 N–H and O–H groups in total. The van der Waals surface area contributed by atoms with E-state index in [0.29, 0.717) is 17.4 Å². The lowest BCUT2D eigenvalue weighted by molar-refractivity contribution is -0.870. The fraction of sp³-hybridized carbons (Fsp3) is 0.689. The van der Waals surface area contributed by atoms with Crippen molar-refractivity contribution >= 4 is 17.9 Å². The Morgan fingerprint density at radius 3 is 1.02 bits per heavy atom. The Labute approximate surface area is 510 Å². The Balaban J connectivity index is 4.14. The van der Waals surface area contributed by atoms with Crippen LogP contribution in [0, 0.1) is 0 Å². The van der Waals surface area contributed by atoms with Crippen LogP contribution < -0.4 is 0 Å². The van der Waals surface area contributed by atoms with E-state index in [1.807, 2.05) is 21.1 Å². The van der Waals surface area contributed by atoms with E-state index in [4.69, 9.17) is 18.9 Å². The van der Waals surface area contributed by atoms with E-state index in [2.05, 4.69) is 135 Å². The normalized spacial score (nSPS) is 13.5. The number of hydrogen-bond acceptors (Lipinski definition) is 7. The summed E-state index contributed by atoms with van der Waals surface area (Å²) in [6.45, 7) is 4.74. The Kier molecular flexibility index (Phi) is 60.4. The van der Waals surface area contributed by atoms with E-state index in [-0.39, 0.29) is 38.6 Å². The lowest BCUT2D eigenvalue weighted by Crippen LogP contribution is -2.40. The number of likely N-dealkylation sites (N-methyl/N-ethyl adjacent to an activating group) is 1. The number of quaternary nitrogens is 1. The number of ether oxygens (including phenoxy) is 4. The average Bonchev–Trinajstić information content (AvgIpc) is 3.46. The molecule has 0 aliphatic rings. The van der Waals surface area contributed by atoms with Gasteiger partial charge in [0.2, 0.25) is 0 Å².